The zero-order valence-electron chi connectivity index (χ0n) is 15.6. The van der Waals surface area contributed by atoms with E-state index in [2.05, 4.69) is 26.7 Å². The molecule has 0 saturated carbocycles. The van der Waals surface area contributed by atoms with Crippen LogP contribution in [0, 0.1) is 18.3 Å². The lowest BCUT2D eigenvalue weighted by Crippen LogP contribution is -2.24. The second-order valence-electron chi connectivity index (χ2n) is 6.37. The number of fused-ring (bicyclic) bond motifs is 1. The van der Waals surface area contributed by atoms with Crippen LogP contribution in [-0.4, -0.2) is 22.7 Å². The number of rotatable bonds is 5. The second kappa shape index (κ2) is 7.86. The van der Waals surface area contributed by atoms with Crippen LogP contribution in [0.5, 0.6) is 11.5 Å². The molecule has 0 fully saturated rings. The maximum Gasteiger partial charge on any atom is 0.270 e. The number of benzene rings is 2. The molecule has 1 aromatic heterocycles. The zero-order valence-corrected chi connectivity index (χ0v) is 15.6. The number of hydrogen-bond acceptors (Lipinski definition) is 7. The second-order valence-corrected chi connectivity index (χ2v) is 6.37. The van der Waals surface area contributed by atoms with Crippen LogP contribution < -0.4 is 20.1 Å². The van der Waals surface area contributed by atoms with E-state index in [1.165, 1.54) is 0 Å². The van der Waals surface area contributed by atoms with Gasteiger partial charge >= 0.3 is 0 Å². The average Bonchev–Trinajstić information content (AvgIpc) is 3.20. The molecule has 3 aromatic rings. The minimum absolute atomic E-state index is 0.204. The first-order chi connectivity index (χ1) is 14.1. The van der Waals surface area contributed by atoms with Crippen LogP contribution in [0.15, 0.2) is 48.5 Å². The number of aromatic nitrogens is 2. The van der Waals surface area contributed by atoms with Crippen molar-refractivity contribution in [3.63, 3.8) is 0 Å². The van der Waals surface area contributed by atoms with Crippen LogP contribution in [0.25, 0.3) is 0 Å². The average molecular weight is 387 g/mol. The fourth-order valence-corrected chi connectivity index (χ4v) is 2.87. The molecule has 4 rings (SSSR count). The number of amides is 1. The lowest BCUT2D eigenvalue weighted by atomic mass is 10.2. The van der Waals surface area contributed by atoms with Crippen LogP contribution in [0.3, 0.4) is 0 Å². The van der Waals surface area contributed by atoms with E-state index in [1.807, 2.05) is 18.2 Å². The van der Waals surface area contributed by atoms with Crippen molar-refractivity contribution in [1.29, 1.82) is 5.26 Å². The van der Waals surface area contributed by atoms with Crippen molar-refractivity contribution in [2.45, 2.75) is 13.5 Å². The van der Waals surface area contributed by atoms with E-state index in [0.717, 1.165) is 5.56 Å². The van der Waals surface area contributed by atoms with E-state index >= 15 is 0 Å². The van der Waals surface area contributed by atoms with Crippen LogP contribution in [0.1, 0.15) is 27.3 Å². The summed E-state index contributed by atoms with van der Waals surface area (Å²) < 4.78 is 10.6. The number of carbonyl (C=O) groups is 1. The number of anilines is 2. The molecule has 0 unspecified atom stereocenters. The van der Waals surface area contributed by atoms with E-state index in [1.54, 1.807) is 37.3 Å². The number of hydrogen-bond donors (Lipinski definition) is 2. The highest BCUT2D eigenvalue weighted by molar-refractivity contribution is 5.92. The first kappa shape index (κ1) is 18.3. The standard InChI is InChI=1S/C21H17N5O3/c1-13-8-17(26-21(24-13)25-16-5-3-2-4-15(16)10-22)20(27)23-11-14-6-7-18-19(9-14)29-12-28-18/h2-9H,11-12H2,1H3,(H,23,27)(H,24,25,26). The molecule has 0 atom stereocenters. The number of nitriles is 1. The predicted octanol–water partition coefficient (Wildman–Crippen LogP) is 3.06. The van der Waals surface area contributed by atoms with Crippen molar-refractivity contribution in [3.8, 4) is 17.6 Å². The van der Waals surface area contributed by atoms with Gasteiger partial charge in [0.15, 0.2) is 11.5 Å². The molecule has 0 radical (unpaired) electrons. The Morgan fingerprint density at radius 2 is 1.97 bits per heavy atom. The Bertz CT molecular complexity index is 1120. The third-order valence-corrected chi connectivity index (χ3v) is 4.27. The van der Waals surface area contributed by atoms with Gasteiger partial charge in [-0.05, 0) is 42.8 Å². The van der Waals surface area contributed by atoms with Gasteiger partial charge in [0.25, 0.3) is 5.91 Å². The third kappa shape index (κ3) is 4.09. The molecule has 29 heavy (non-hydrogen) atoms. The number of ether oxygens (including phenoxy) is 2. The van der Waals surface area contributed by atoms with E-state index in [0.29, 0.717) is 35.0 Å². The fraction of sp³-hybridized carbons (Fsp3) is 0.143. The monoisotopic (exact) mass is 387 g/mol. The molecule has 0 bridgehead atoms. The van der Waals surface area contributed by atoms with Crippen molar-refractivity contribution in [2.75, 3.05) is 12.1 Å². The van der Waals surface area contributed by atoms with Crippen LogP contribution >= 0.6 is 0 Å². The summed E-state index contributed by atoms with van der Waals surface area (Å²) in [5.74, 6) is 1.28. The van der Waals surface area contributed by atoms with E-state index < -0.39 is 0 Å². The quantitative estimate of drug-likeness (QED) is 0.692. The molecule has 1 aliphatic heterocycles. The van der Waals surface area contributed by atoms with Gasteiger partial charge in [-0.3, -0.25) is 4.79 Å². The van der Waals surface area contributed by atoms with Gasteiger partial charge in [0, 0.05) is 12.2 Å². The number of para-hydroxylation sites is 1. The van der Waals surface area contributed by atoms with E-state index in [4.69, 9.17) is 9.47 Å². The van der Waals surface area contributed by atoms with Crippen molar-refractivity contribution < 1.29 is 14.3 Å². The van der Waals surface area contributed by atoms with Crippen LogP contribution in [0.2, 0.25) is 0 Å². The van der Waals surface area contributed by atoms with Gasteiger partial charge in [-0.1, -0.05) is 18.2 Å². The highest BCUT2D eigenvalue weighted by atomic mass is 16.7. The number of carbonyl (C=O) groups excluding carboxylic acids is 1. The minimum Gasteiger partial charge on any atom is -0.454 e. The van der Waals surface area contributed by atoms with E-state index in [9.17, 15) is 10.1 Å². The first-order valence-corrected chi connectivity index (χ1v) is 8.91. The Balaban J connectivity index is 1.48. The first-order valence-electron chi connectivity index (χ1n) is 8.91. The predicted molar refractivity (Wildman–Crippen MR) is 105 cm³/mol. The van der Waals surface area contributed by atoms with Gasteiger partial charge in [0.05, 0.1) is 11.3 Å². The lowest BCUT2D eigenvalue weighted by Gasteiger charge is -2.10. The van der Waals surface area contributed by atoms with Gasteiger partial charge in [-0.2, -0.15) is 5.26 Å². The maximum absolute atomic E-state index is 12.6. The molecule has 144 valence electrons. The van der Waals surface area contributed by atoms with Gasteiger partial charge < -0.3 is 20.1 Å². The van der Waals surface area contributed by atoms with Crippen molar-refractivity contribution >= 4 is 17.5 Å². The third-order valence-electron chi connectivity index (χ3n) is 4.27. The molecule has 1 amide bonds. The molecule has 8 heteroatoms. The molecular formula is C21H17N5O3. The normalized spacial score (nSPS) is 11.6. The largest absolute Gasteiger partial charge is 0.454 e. The summed E-state index contributed by atoms with van der Waals surface area (Å²) in [6.07, 6.45) is 0. The van der Waals surface area contributed by atoms with Crippen LogP contribution in [-0.2, 0) is 6.54 Å². The molecule has 2 heterocycles. The fourth-order valence-electron chi connectivity index (χ4n) is 2.87. The number of aryl methyl sites for hydroxylation is 1. The summed E-state index contributed by atoms with van der Waals surface area (Å²) in [5.41, 5.74) is 2.79. The van der Waals surface area contributed by atoms with Crippen LogP contribution in [0.4, 0.5) is 11.6 Å². The van der Waals surface area contributed by atoms with Crippen molar-refractivity contribution in [2.24, 2.45) is 0 Å². The topological polar surface area (TPSA) is 109 Å². The Morgan fingerprint density at radius 1 is 1.14 bits per heavy atom. The van der Waals surface area contributed by atoms with E-state index in [-0.39, 0.29) is 24.3 Å². The number of nitrogens with one attached hydrogen (secondary N) is 2. The summed E-state index contributed by atoms with van der Waals surface area (Å²) in [7, 11) is 0. The molecule has 1 aliphatic rings. The lowest BCUT2D eigenvalue weighted by molar-refractivity contribution is 0.0945. The summed E-state index contributed by atoms with van der Waals surface area (Å²) >= 11 is 0. The smallest absolute Gasteiger partial charge is 0.270 e. The van der Waals surface area contributed by atoms with Crippen molar-refractivity contribution in [1.82, 2.24) is 15.3 Å². The molecule has 0 saturated heterocycles. The van der Waals surface area contributed by atoms with Crippen molar-refractivity contribution in [3.05, 3.63) is 71.0 Å². The molecule has 0 aliphatic carbocycles. The Morgan fingerprint density at radius 3 is 2.83 bits per heavy atom. The summed E-state index contributed by atoms with van der Waals surface area (Å²) in [6, 6.07) is 16.2. The van der Waals surface area contributed by atoms with Gasteiger partial charge in [-0.25, -0.2) is 9.97 Å². The maximum atomic E-state index is 12.6. The minimum atomic E-state index is -0.329. The Labute approximate surface area is 167 Å². The zero-order chi connectivity index (χ0) is 20.2. The van der Waals surface area contributed by atoms with Gasteiger partial charge in [-0.15, -0.1) is 0 Å². The molecule has 2 N–H and O–H groups in total. The summed E-state index contributed by atoms with van der Waals surface area (Å²) in [4.78, 5) is 21.2. The highest BCUT2D eigenvalue weighted by Gasteiger charge is 2.15. The Hall–Kier alpha value is -4.12. The van der Waals surface area contributed by atoms with Gasteiger partial charge in [0.1, 0.15) is 11.8 Å². The van der Waals surface area contributed by atoms with Gasteiger partial charge in [0.2, 0.25) is 12.7 Å². The molecule has 0 spiro atoms. The SMILES string of the molecule is Cc1cc(C(=O)NCc2ccc3c(c2)OCO3)nc(Nc2ccccc2C#N)n1. The molecule has 8 nitrogen and oxygen atoms in total. The molecule has 2 aromatic carbocycles. The number of nitrogens with zero attached hydrogens (tertiary/aromatic N) is 3. The summed E-state index contributed by atoms with van der Waals surface area (Å²) in [6.45, 7) is 2.30. The highest BCUT2D eigenvalue weighted by Crippen LogP contribution is 2.32. The molecular weight excluding hydrogens is 370 g/mol. The Kier molecular flexibility index (Phi) is 4.95. The summed E-state index contributed by atoms with van der Waals surface area (Å²) in [5, 5.41) is 15.1.